The molecule has 0 bridgehead atoms. The van der Waals surface area contributed by atoms with Crippen molar-refractivity contribution in [2.45, 2.75) is 6.54 Å². The average Bonchev–Trinajstić information content (AvgIpc) is 3.24. The molecule has 2 amide bonds. The highest BCUT2D eigenvalue weighted by molar-refractivity contribution is 5.93. The van der Waals surface area contributed by atoms with Crippen LogP contribution in [0, 0.1) is 0 Å². The molecule has 0 fully saturated rings. The van der Waals surface area contributed by atoms with Crippen LogP contribution < -0.4 is 20.3 Å². The molecule has 30 heavy (non-hydrogen) atoms. The molecule has 10 nitrogen and oxygen atoms in total. The zero-order chi connectivity index (χ0) is 21.3. The minimum Gasteiger partial charge on any atom is -0.493 e. The highest BCUT2D eigenvalue weighted by Gasteiger charge is 2.10. The standard InChI is InChI=1S/C20H20N6O4/c1-29-16-10-6-9-14(19(16)30-2)11-12-17(27)21-22-18(28)13-26-24-20(23-25-26)15-7-4-3-5-8-15/h3-12H,13H2,1-2H3,(H,21,27)(H,22,28)/b12-11+. The number of tetrazole rings is 1. The van der Waals surface area contributed by atoms with E-state index in [2.05, 4.69) is 26.3 Å². The third-order valence-corrected chi connectivity index (χ3v) is 3.94. The number of para-hydroxylation sites is 1. The largest absolute Gasteiger partial charge is 0.493 e. The molecule has 10 heteroatoms. The highest BCUT2D eigenvalue weighted by atomic mass is 16.5. The molecule has 2 N–H and O–H groups in total. The first-order valence-corrected chi connectivity index (χ1v) is 8.92. The van der Waals surface area contributed by atoms with Gasteiger partial charge in [0.05, 0.1) is 14.2 Å². The maximum Gasteiger partial charge on any atom is 0.262 e. The van der Waals surface area contributed by atoms with Crippen molar-refractivity contribution in [3.8, 4) is 22.9 Å². The number of carbonyl (C=O) groups is 2. The maximum absolute atomic E-state index is 12.0. The molecule has 1 aromatic heterocycles. The van der Waals surface area contributed by atoms with E-state index in [0.29, 0.717) is 22.9 Å². The number of hydrogen-bond donors (Lipinski definition) is 2. The lowest BCUT2D eigenvalue weighted by molar-refractivity contribution is -0.127. The van der Waals surface area contributed by atoms with Gasteiger partial charge in [0, 0.05) is 17.2 Å². The van der Waals surface area contributed by atoms with Crippen LogP contribution in [0.3, 0.4) is 0 Å². The van der Waals surface area contributed by atoms with E-state index in [9.17, 15) is 9.59 Å². The van der Waals surface area contributed by atoms with Crippen molar-refractivity contribution in [1.82, 2.24) is 31.1 Å². The second kappa shape index (κ2) is 9.82. The smallest absolute Gasteiger partial charge is 0.262 e. The molecule has 0 saturated heterocycles. The van der Waals surface area contributed by atoms with E-state index < -0.39 is 11.8 Å². The molecule has 2 aromatic carbocycles. The number of carbonyl (C=O) groups excluding carboxylic acids is 2. The van der Waals surface area contributed by atoms with Gasteiger partial charge in [0.2, 0.25) is 5.82 Å². The van der Waals surface area contributed by atoms with E-state index in [1.54, 1.807) is 24.3 Å². The number of hydrogen-bond acceptors (Lipinski definition) is 7. The fourth-order valence-corrected chi connectivity index (χ4v) is 2.56. The van der Waals surface area contributed by atoms with Crippen LogP contribution in [0.25, 0.3) is 17.5 Å². The summed E-state index contributed by atoms with van der Waals surface area (Å²) in [4.78, 5) is 25.1. The molecule has 0 atom stereocenters. The zero-order valence-corrected chi connectivity index (χ0v) is 16.4. The van der Waals surface area contributed by atoms with E-state index in [4.69, 9.17) is 9.47 Å². The Bertz CT molecular complexity index is 1050. The third-order valence-electron chi connectivity index (χ3n) is 3.94. The molecule has 154 valence electrons. The lowest BCUT2D eigenvalue weighted by atomic mass is 10.1. The summed E-state index contributed by atoms with van der Waals surface area (Å²) < 4.78 is 10.5. The molecule has 0 spiro atoms. The van der Waals surface area contributed by atoms with E-state index >= 15 is 0 Å². The van der Waals surface area contributed by atoms with E-state index in [1.165, 1.54) is 20.3 Å². The van der Waals surface area contributed by atoms with Gasteiger partial charge in [-0.2, -0.15) is 4.80 Å². The Hall–Kier alpha value is -4.21. The number of nitrogens with one attached hydrogen (secondary N) is 2. The lowest BCUT2D eigenvalue weighted by Crippen LogP contribution is -2.42. The van der Waals surface area contributed by atoms with Crippen LogP contribution in [0.1, 0.15) is 5.56 Å². The van der Waals surface area contributed by atoms with E-state index in [-0.39, 0.29) is 6.54 Å². The van der Waals surface area contributed by atoms with Crippen LogP contribution in [0.2, 0.25) is 0 Å². The Morgan fingerprint density at radius 2 is 1.83 bits per heavy atom. The summed E-state index contributed by atoms with van der Waals surface area (Å²) in [5.74, 6) is 0.420. The molecule has 0 radical (unpaired) electrons. The quantitative estimate of drug-likeness (QED) is 0.445. The van der Waals surface area contributed by atoms with Crippen molar-refractivity contribution in [3.63, 3.8) is 0 Å². The van der Waals surface area contributed by atoms with Gasteiger partial charge in [0.15, 0.2) is 11.5 Å². The van der Waals surface area contributed by atoms with Gasteiger partial charge in [0.1, 0.15) is 6.54 Å². The molecule has 0 aliphatic heterocycles. The number of ether oxygens (including phenoxy) is 2. The summed E-state index contributed by atoms with van der Waals surface area (Å²) in [6, 6.07) is 14.6. The molecule has 1 heterocycles. The molecule has 0 unspecified atom stereocenters. The van der Waals surface area contributed by atoms with Crippen LogP contribution in [0.5, 0.6) is 11.5 Å². The predicted molar refractivity (Wildman–Crippen MR) is 108 cm³/mol. The van der Waals surface area contributed by atoms with Crippen LogP contribution in [0.4, 0.5) is 0 Å². The molecule has 3 rings (SSSR count). The van der Waals surface area contributed by atoms with Crippen molar-refractivity contribution < 1.29 is 19.1 Å². The highest BCUT2D eigenvalue weighted by Crippen LogP contribution is 2.31. The van der Waals surface area contributed by atoms with Crippen LogP contribution >= 0.6 is 0 Å². The minimum atomic E-state index is -0.523. The van der Waals surface area contributed by atoms with Crippen molar-refractivity contribution in [2.24, 2.45) is 0 Å². The van der Waals surface area contributed by atoms with Gasteiger partial charge < -0.3 is 9.47 Å². The minimum absolute atomic E-state index is 0.201. The van der Waals surface area contributed by atoms with Crippen LogP contribution in [-0.2, 0) is 16.1 Å². The monoisotopic (exact) mass is 408 g/mol. The molecule has 0 aliphatic carbocycles. The van der Waals surface area contributed by atoms with Gasteiger partial charge in [-0.05, 0) is 17.4 Å². The predicted octanol–water partition coefficient (Wildman–Crippen LogP) is 1.22. The Morgan fingerprint density at radius 3 is 2.57 bits per heavy atom. The number of nitrogens with zero attached hydrogens (tertiary/aromatic N) is 4. The summed E-state index contributed by atoms with van der Waals surface area (Å²) in [6.07, 6.45) is 2.81. The normalized spacial score (nSPS) is 10.6. The van der Waals surface area contributed by atoms with Gasteiger partial charge in [-0.25, -0.2) is 0 Å². The molecule has 0 saturated carbocycles. The summed E-state index contributed by atoms with van der Waals surface area (Å²) in [6.45, 7) is -0.201. The summed E-state index contributed by atoms with van der Waals surface area (Å²) >= 11 is 0. The Kier molecular flexibility index (Phi) is 6.72. The second-order valence-electron chi connectivity index (χ2n) is 5.96. The number of hydrazine groups is 1. The van der Waals surface area contributed by atoms with Crippen LogP contribution in [-0.4, -0.2) is 46.2 Å². The van der Waals surface area contributed by atoms with E-state index in [1.807, 2.05) is 30.3 Å². The van der Waals surface area contributed by atoms with Gasteiger partial charge >= 0.3 is 0 Å². The second-order valence-corrected chi connectivity index (χ2v) is 5.96. The summed E-state index contributed by atoms with van der Waals surface area (Å²) in [7, 11) is 3.04. The van der Waals surface area contributed by atoms with E-state index in [0.717, 1.165) is 10.4 Å². The van der Waals surface area contributed by atoms with Crippen molar-refractivity contribution in [3.05, 3.63) is 60.2 Å². The zero-order valence-electron chi connectivity index (χ0n) is 16.4. The number of rotatable bonds is 7. The molecular weight excluding hydrogens is 388 g/mol. The Labute approximate surface area is 172 Å². The van der Waals surface area contributed by atoms with Gasteiger partial charge in [-0.15, -0.1) is 10.2 Å². The first-order valence-electron chi connectivity index (χ1n) is 8.92. The number of aromatic nitrogens is 4. The van der Waals surface area contributed by atoms with Crippen molar-refractivity contribution in [1.29, 1.82) is 0 Å². The lowest BCUT2D eigenvalue weighted by Gasteiger charge is -2.09. The fourth-order valence-electron chi connectivity index (χ4n) is 2.56. The first-order chi connectivity index (χ1) is 14.6. The summed E-state index contributed by atoms with van der Waals surface area (Å²) in [5.41, 5.74) is 6.02. The molecular formula is C20H20N6O4. The maximum atomic E-state index is 12.0. The molecule has 3 aromatic rings. The fraction of sp³-hybridized carbons (Fsp3) is 0.150. The van der Waals surface area contributed by atoms with Gasteiger partial charge in [-0.3, -0.25) is 20.4 Å². The van der Waals surface area contributed by atoms with Crippen molar-refractivity contribution >= 4 is 17.9 Å². The SMILES string of the molecule is COc1cccc(/C=C/C(=O)NNC(=O)Cn2nnc(-c3ccccc3)n2)c1OC. The first kappa shape index (κ1) is 20.5. The number of methoxy groups -OCH3 is 2. The Balaban J connectivity index is 1.52. The average molecular weight is 408 g/mol. The topological polar surface area (TPSA) is 120 Å². The van der Waals surface area contributed by atoms with Crippen molar-refractivity contribution in [2.75, 3.05) is 14.2 Å². The Morgan fingerprint density at radius 1 is 1.03 bits per heavy atom. The molecule has 0 aliphatic rings. The van der Waals surface area contributed by atoms with Gasteiger partial charge in [-0.1, -0.05) is 42.5 Å². The van der Waals surface area contributed by atoms with Gasteiger partial charge in [0.25, 0.3) is 11.8 Å². The third kappa shape index (κ3) is 5.19. The summed E-state index contributed by atoms with van der Waals surface area (Å²) in [5, 5.41) is 11.9. The van der Waals surface area contributed by atoms with Crippen LogP contribution in [0.15, 0.2) is 54.6 Å². The number of amides is 2. The number of benzene rings is 2.